The van der Waals surface area contributed by atoms with E-state index in [0.29, 0.717) is 12.1 Å². The molecule has 0 spiro atoms. The normalized spacial score (nSPS) is 30.1. The van der Waals surface area contributed by atoms with E-state index in [1.54, 1.807) is 0 Å². The van der Waals surface area contributed by atoms with Gasteiger partial charge in [-0.2, -0.15) is 0 Å². The Labute approximate surface area is 116 Å². The monoisotopic (exact) mass is 259 g/mol. The van der Waals surface area contributed by atoms with Gasteiger partial charge >= 0.3 is 0 Å². The second-order valence-corrected chi connectivity index (χ2v) is 6.24. The van der Waals surface area contributed by atoms with Crippen LogP contribution in [0.25, 0.3) is 0 Å². The Balaban J connectivity index is 1.66. The second kappa shape index (κ2) is 5.54. The summed E-state index contributed by atoms with van der Waals surface area (Å²) in [7, 11) is 2.05. The number of fused-ring (bicyclic) bond motifs is 1. The summed E-state index contributed by atoms with van der Waals surface area (Å²) < 4.78 is 6.18. The third-order valence-corrected chi connectivity index (χ3v) is 4.81. The lowest BCUT2D eigenvalue weighted by Crippen LogP contribution is -2.23. The summed E-state index contributed by atoms with van der Waals surface area (Å²) in [6.07, 6.45) is 7.91. The maximum absolute atomic E-state index is 6.18. The number of hydrogen-bond donors (Lipinski definition) is 1. The van der Waals surface area contributed by atoms with Gasteiger partial charge in [-0.25, -0.2) is 0 Å². The van der Waals surface area contributed by atoms with Crippen molar-refractivity contribution in [2.24, 2.45) is 5.92 Å². The first-order chi connectivity index (χ1) is 9.26. The molecule has 0 aliphatic heterocycles. The van der Waals surface area contributed by atoms with Gasteiger partial charge in [0.15, 0.2) is 0 Å². The molecule has 0 saturated heterocycles. The molecule has 1 aromatic rings. The first-order valence-electron chi connectivity index (χ1n) is 7.73. The van der Waals surface area contributed by atoms with Crippen LogP contribution in [0.3, 0.4) is 0 Å². The molecule has 1 atom stereocenters. The highest BCUT2D eigenvalue weighted by Gasteiger charge is 2.23. The fourth-order valence-electron chi connectivity index (χ4n) is 3.51. The van der Waals surface area contributed by atoms with Crippen molar-refractivity contribution in [3.05, 3.63) is 29.3 Å². The van der Waals surface area contributed by atoms with Crippen molar-refractivity contribution in [3.8, 4) is 5.75 Å². The van der Waals surface area contributed by atoms with Crippen LogP contribution >= 0.6 is 0 Å². The molecule has 0 aromatic heterocycles. The highest BCUT2D eigenvalue weighted by molar-refractivity contribution is 5.40. The zero-order valence-electron chi connectivity index (χ0n) is 12.1. The lowest BCUT2D eigenvalue weighted by Gasteiger charge is -2.27. The molecular formula is C17H25NO. The molecule has 0 amide bonds. The molecule has 0 bridgehead atoms. The summed E-state index contributed by atoms with van der Waals surface area (Å²) >= 11 is 0. The highest BCUT2D eigenvalue weighted by atomic mass is 16.5. The zero-order chi connectivity index (χ0) is 13.2. The molecule has 1 unspecified atom stereocenters. The average molecular weight is 259 g/mol. The van der Waals surface area contributed by atoms with E-state index in [4.69, 9.17) is 4.74 Å². The van der Waals surface area contributed by atoms with Gasteiger partial charge < -0.3 is 10.1 Å². The van der Waals surface area contributed by atoms with Crippen LogP contribution in [0.1, 0.15) is 56.2 Å². The molecule has 1 saturated carbocycles. The predicted molar refractivity (Wildman–Crippen MR) is 78.6 cm³/mol. The molecule has 104 valence electrons. The Morgan fingerprint density at radius 2 is 1.89 bits per heavy atom. The van der Waals surface area contributed by atoms with Crippen molar-refractivity contribution in [3.63, 3.8) is 0 Å². The van der Waals surface area contributed by atoms with E-state index in [0.717, 1.165) is 11.7 Å². The van der Waals surface area contributed by atoms with E-state index in [9.17, 15) is 0 Å². The Hall–Kier alpha value is -1.02. The number of hydrogen-bond acceptors (Lipinski definition) is 2. The molecule has 1 aromatic carbocycles. The number of aryl methyl sites for hydroxylation is 1. The molecule has 2 aliphatic rings. The predicted octanol–water partition coefficient (Wildman–Crippen LogP) is 3.85. The number of rotatable bonds is 3. The van der Waals surface area contributed by atoms with Gasteiger partial charge in [0.25, 0.3) is 0 Å². The third-order valence-electron chi connectivity index (χ3n) is 4.81. The van der Waals surface area contributed by atoms with E-state index in [2.05, 4.69) is 30.4 Å². The van der Waals surface area contributed by atoms with Gasteiger partial charge in [0.1, 0.15) is 5.75 Å². The topological polar surface area (TPSA) is 21.3 Å². The van der Waals surface area contributed by atoms with Crippen molar-refractivity contribution in [2.45, 2.75) is 57.6 Å². The molecule has 0 radical (unpaired) electrons. The summed E-state index contributed by atoms with van der Waals surface area (Å²) in [6, 6.07) is 7.22. The minimum absolute atomic E-state index is 0.441. The second-order valence-electron chi connectivity index (χ2n) is 6.24. The molecule has 3 rings (SSSR count). The number of benzene rings is 1. The third kappa shape index (κ3) is 2.79. The van der Waals surface area contributed by atoms with E-state index in [1.807, 2.05) is 7.05 Å². The largest absolute Gasteiger partial charge is 0.490 e. The minimum atomic E-state index is 0.441. The summed E-state index contributed by atoms with van der Waals surface area (Å²) in [6.45, 7) is 2.35. The van der Waals surface area contributed by atoms with Crippen LogP contribution in [0.15, 0.2) is 18.2 Å². The molecule has 2 nitrogen and oxygen atoms in total. The van der Waals surface area contributed by atoms with E-state index >= 15 is 0 Å². The van der Waals surface area contributed by atoms with Crippen LogP contribution in [0, 0.1) is 5.92 Å². The van der Waals surface area contributed by atoms with Gasteiger partial charge in [0.05, 0.1) is 6.10 Å². The van der Waals surface area contributed by atoms with Crippen LogP contribution < -0.4 is 10.1 Å². The average Bonchev–Trinajstić information content (AvgIpc) is 2.83. The Morgan fingerprint density at radius 3 is 2.63 bits per heavy atom. The van der Waals surface area contributed by atoms with Gasteiger partial charge in [-0.05, 0) is 74.8 Å². The lowest BCUT2D eigenvalue weighted by atomic mass is 9.89. The van der Waals surface area contributed by atoms with E-state index in [-0.39, 0.29) is 0 Å². The van der Waals surface area contributed by atoms with Crippen molar-refractivity contribution in [1.29, 1.82) is 0 Å². The van der Waals surface area contributed by atoms with Crippen LogP contribution in [-0.2, 0) is 6.42 Å². The van der Waals surface area contributed by atoms with Crippen molar-refractivity contribution < 1.29 is 4.74 Å². The molecule has 19 heavy (non-hydrogen) atoms. The quantitative estimate of drug-likeness (QED) is 0.890. The Morgan fingerprint density at radius 1 is 1.11 bits per heavy atom. The van der Waals surface area contributed by atoms with Gasteiger partial charge in [-0.15, -0.1) is 0 Å². The van der Waals surface area contributed by atoms with Gasteiger partial charge in [-0.3, -0.25) is 0 Å². The van der Waals surface area contributed by atoms with Crippen molar-refractivity contribution >= 4 is 0 Å². The van der Waals surface area contributed by atoms with E-state index < -0.39 is 0 Å². The van der Waals surface area contributed by atoms with Gasteiger partial charge in [0, 0.05) is 6.04 Å². The van der Waals surface area contributed by atoms with Crippen molar-refractivity contribution in [2.75, 3.05) is 7.05 Å². The van der Waals surface area contributed by atoms with Crippen molar-refractivity contribution in [1.82, 2.24) is 5.32 Å². The Kier molecular flexibility index (Phi) is 3.79. The first kappa shape index (κ1) is 13.0. The molecular weight excluding hydrogens is 234 g/mol. The summed E-state index contributed by atoms with van der Waals surface area (Å²) in [5, 5.41) is 3.38. The summed E-state index contributed by atoms with van der Waals surface area (Å²) in [5.41, 5.74) is 2.94. The summed E-state index contributed by atoms with van der Waals surface area (Å²) in [4.78, 5) is 0. The van der Waals surface area contributed by atoms with Gasteiger partial charge in [0.2, 0.25) is 0 Å². The molecule has 2 heteroatoms. The number of nitrogens with one attached hydrogen (secondary N) is 1. The van der Waals surface area contributed by atoms with Crippen LogP contribution in [0.5, 0.6) is 5.75 Å². The first-order valence-corrected chi connectivity index (χ1v) is 7.73. The maximum atomic E-state index is 6.18. The number of ether oxygens (including phenoxy) is 1. The van der Waals surface area contributed by atoms with Crippen LogP contribution in [-0.4, -0.2) is 13.2 Å². The van der Waals surface area contributed by atoms with Crippen LogP contribution in [0.4, 0.5) is 0 Å². The zero-order valence-corrected chi connectivity index (χ0v) is 12.1. The standard InChI is InChI=1S/C17H25NO/c1-12-3-6-14(7-4-12)19-15-8-9-16-13(11-15)5-10-17(16)18-2/h8-9,11-12,14,17-18H,3-7,10H2,1-2H3. The summed E-state index contributed by atoms with van der Waals surface area (Å²) in [5.74, 6) is 1.96. The van der Waals surface area contributed by atoms with Crippen LogP contribution in [0.2, 0.25) is 0 Å². The molecule has 1 fully saturated rings. The smallest absolute Gasteiger partial charge is 0.120 e. The lowest BCUT2D eigenvalue weighted by molar-refractivity contribution is 0.135. The molecule has 0 heterocycles. The fourth-order valence-corrected chi connectivity index (χ4v) is 3.51. The SMILES string of the molecule is CNC1CCc2cc(OC3CCC(C)CC3)ccc21. The molecule has 1 N–H and O–H groups in total. The highest BCUT2D eigenvalue weighted by Crippen LogP contribution is 2.34. The molecule has 2 aliphatic carbocycles. The van der Waals surface area contributed by atoms with Gasteiger partial charge in [-0.1, -0.05) is 13.0 Å². The van der Waals surface area contributed by atoms with E-state index in [1.165, 1.54) is 49.7 Å². The Bertz CT molecular complexity index is 435. The minimum Gasteiger partial charge on any atom is -0.490 e. The fraction of sp³-hybridized carbons (Fsp3) is 0.647. The maximum Gasteiger partial charge on any atom is 0.120 e.